The molecule has 0 saturated heterocycles. The molecule has 0 spiro atoms. The van der Waals surface area contributed by atoms with Gasteiger partial charge in [-0.05, 0) is 28.1 Å². The molecule has 6 heteroatoms. The van der Waals surface area contributed by atoms with Crippen molar-refractivity contribution in [2.75, 3.05) is 11.9 Å². The van der Waals surface area contributed by atoms with Crippen LogP contribution in [0.5, 0.6) is 0 Å². The molecule has 2 aromatic heterocycles. The van der Waals surface area contributed by atoms with Crippen LogP contribution in [0.4, 0.5) is 11.6 Å². The number of anilines is 2. The minimum absolute atomic E-state index is 0.613. The predicted molar refractivity (Wildman–Crippen MR) is 72.7 cm³/mol. The molecule has 0 aromatic carbocycles. The second-order valence-corrected chi connectivity index (χ2v) is 4.74. The molecule has 2 N–H and O–H groups in total. The van der Waals surface area contributed by atoms with Crippen LogP contribution in [-0.4, -0.2) is 21.5 Å². The first-order valence-electron chi connectivity index (χ1n) is 5.77. The zero-order valence-corrected chi connectivity index (χ0v) is 11.2. The van der Waals surface area contributed by atoms with Gasteiger partial charge in [-0.2, -0.15) is 0 Å². The third-order valence-electron chi connectivity index (χ3n) is 2.82. The van der Waals surface area contributed by atoms with E-state index in [2.05, 4.69) is 41.5 Å². The SMILES string of the molecule is Brc1nc2c(c(Nc3ccccn3)n1)CNCC2. The van der Waals surface area contributed by atoms with Crippen LogP contribution in [0.2, 0.25) is 0 Å². The molecule has 92 valence electrons. The van der Waals surface area contributed by atoms with Crippen molar-refractivity contribution in [3.05, 3.63) is 40.4 Å². The lowest BCUT2D eigenvalue weighted by molar-refractivity contribution is 0.625. The van der Waals surface area contributed by atoms with Crippen LogP contribution >= 0.6 is 15.9 Å². The van der Waals surface area contributed by atoms with Crippen molar-refractivity contribution in [2.24, 2.45) is 0 Å². The van der Waals surface area contributed by atoms with Gasteiger partial charge in [-0.25, -0.2) is 15.0 Å². The molecule has 0 bridgehead atoms. The standard InChI is InChI=1S/C12H12BrN5/c13-12-16-9-4-6-14-7-8(9)11(18-12)17-10-3-1-2-5-15-10/h1-3,5,14H,4,6-7H2,(H,15,16,17,18). The number of nitrogens with one attached hydrogen (secondary N) is 2. The highest BCUT2D eigenvalue weighted by Crippen LogP contribution is 2.24. The molecule has 1 aliphatic heterocycles. The molecule has 1 aliphatic rings. The summed E-state index contributed by atoms with van der Waals surface area (Å²) in [5.74, 6) is 1.61. The zero-order chi connectivity index (χ0) is 12.4. The van der Waals surface area contributed by atoms with Crippen LogP contribution in [0.15, 0.2) is 29.1 Å². The van der Waals surface area contributed by atoms with Crippen molar-refractivity contribution in [2.45, 2.75) is 13.0 Å². The van der Waals surface area contributed by atoms with E-state index in [0.29, 0.717) is 4.73 Å². The van der Waals surface area contributed by atoms with Crippen LogP contribution < -0.4 is 10.6 Å². The monoisotopic (exact) mass is 305 g/mol. The Morgan fingerprint density at radius 3 is 3.06 bits per heavy atom. The summed E-state index contributed by atoms with van der Waals surface area (Å²) in [7, 11) is 0. The van der Waals surface area contributed by atoms with Gasteiger partial charge in [0.25, 0.3) is 0 Å². The van der Waals surface area contributed by atoms with Gasteiger partial charge >= 0.3 is 0 Å². The van der Waals surface area contributed by atoms with Gasteiger partial charge in [-0.1, -0.05) is 6.07 Å². The van der Waals surface area contributed by atoms with Crippen LogP contribution in [0.25, 0.3) is 0 Å². The van der Waals surface area contributed by atoms with E-state index in [9.17, 15) is 0 Å². The maximum Gasteiger partial charge on any atom is 0.198 e. The molecule has 3 rings (SSSR count). The Labute approximate surface area is 113 Å². The lowest BCUT2D eigenvalue weighted by Crippen LogP contribution is -2.26. The smallest absolute Gasteiger partial charge is 0.198 e. The van der Waals surface area contributed by atoms with Crippen LogP contribution in [0, 0.1) is 0 Å². The van der Waals surface area contributed by atoms with E-state index in [4.69, 9.17) is 0 Å². The normalized spacial score (nSPS) is 14.1. The number of nitrogens with zero attached hydrogens (tertiary/aromatic N) is 3. The Morgan fingerprint density at radius 1 is 1.28 bits per heavy atom. The minimum Gasteiger partial charge on any atom is -0.325 e. The third-order valence-corrected chi connectivity index (χ3v) is 3.17. The third kappa shape index (κ3) is 2.34. The maximum atomic E-state index is 4.42. The highest BCUT2D eigenvalue weighted by Gasteiger charge is 2.17. The zero-order valence-electron chi connectivity index (χ0n) is 9.65. The van der Waals surface area contributed by atoms with Gasteiger partial charge in [-0.15, -0.1) is 0 Å². The molecule has 18 heavy (non-hydrogen) atoms. The van der Waals surface area contributed by atoms with Crippen molar-refractivity contribution in [3.63, 3.8) is 0 Å². The van der Waals surface area contributed by atoms with E-state index in [1.165, 1.54) is 0 Å². The molecule has 0 amide bonds. The maximum absolute atomic E-state index is 4.42. The molecular formula is C12H12BrN5. The summed E-state index contributed by atoms with van der Waals surface area (Å²) in [6.45, 7) is 1.75. The highest BCUT2D eigenvalue weighted by molar-refractivity contribution is 9.10. The molecule has 5 nitrogen and oxygen atoms in total. The Balaban J connectivity index is 1.98. The van der Waals surface area contributed by atoms with Crippen molar-refractivity contribution in [1.82, 2.24) is 20.3 Å². The fraction of sp³-hybridized carbons (Fsp3) is 0.250. The van der Waals surface area contributed by atoms with Gasteiger partial charge < -0.3 is 10.6 Å². The number of aromatic nitrogens is 3. The fourth-order valence-electron chi connectivity index (χ4n) is 1.97. The van der Waals surface area contributed by atoms with E-state index < -0.39 is 0 Å². The first-order valence-corrected chi connectivity index (χ1v) is 6.56. The Hall–Kier alpha value is -1.53. The first kappa shape index (κ1) is 11.6. The molecule has 0 saturated carbocycles. The minimum atomic E-state index is 0.613. The number of pyridine rings is 1. The average molecular weight is 306 g/mol. The van der Waals surface area contributed by atoms with E-state index in [0.717, 1.165) is 42.4 Å². The van der Waals surface area contributed by atoms with Gasteiger partial charge in [0, 0.05) is 31.3 Å². The topological polar surface area (TPSA) is 62.7 Å². The average Bonchev–Trinajstić information content (AvgIpc) is 2.40. The van der Waals surface area contributed by atoms with E-state index >= 15 is 0 Å². The van der Waals surface area contributed by atoms with Crippen LogP contribution in [-0.2, 0) is 13.0 Å². The van der Waals surface area contributed by atoms with Crippen molar-refractivity contribution < 1.29 is 0 Å². The van der Waals surface area contributed by atoms with E-state index in [-0.39, 0.29) is 0 Å². The van der Waals surface area contributed by atoms with E-state index in [1.807, 2.05) is 18.2 Å². The molecule has 3 heterocycles. The largest absolute Gasteiger partial charge is 0.325 e. The number of fused-ring (bicyclic) bond motifs is 1. The van der Waals surface area contributed by atoms with Gasteiger partial charge in [0.05, 0.1) is 5.69 Å². The van der Waals surface area contributed by atoms with Gasteiger partial charge in [0.2, 0.25) is 0 Å². The fourth-order valence-corrected chi connectivity index (χ4v) is 2.37. The van der Waals surface area contributed by atoms with Crippen molar-refractivity contribution in [1.29, 1.82) is 0 Å². The summed E-state index contributed by atoms with van der Waals surface area (Å²) >= 11 is 3.35. The Morgan fingerprint density at radius 2 is 2.22 bits per heavy atom. The Kier molecular flexibility index (Phi) is 3.21. The quantitative estimate of drug-likeness (QED) is 0.831. The molecule has 0 aliphatic carbocycles. The predicted octanol–water partition coefficient (Wildman–Crippen LogP) is 2.02. The molecule has 0 unspecified atom stereocenters. The summed E-state index contributed by atoms with van der Waals surface area (Å²) in [6.07, 6.45) is 2.68. The number of hydrogen-bond donors (Lipinski definition) is 2. The highest BCUT2D eigenvalue weighted by atomic mass is 79.9. The summed E-state index contributed by atoms with van der Waals surface area (Å²) < 4.78 is 0.613. The summed E-state index contributed by atoms with van der Waals surface area (Å²) in [4.78, 5) is 13.1. The summed E-state index contributed by atoms with van der Waals surface area (Å²) in [5, 5.41) is 6.57. The first-order chi connectivity index (χ1) is 8.83. The summed E-state index contributed by atoms with van der Waals surface area (Å²) in [5.41, 5.74) is 2.21. The molecule has 2 aromatic rings. The molecule has 0 atom stereocenters. The van der Waals surface area contributed by atoms with Gasteiger partial charge in [0.15, 0.2) is 4.73 Å². The summed E-state index contributed by atoms with van der Waals surface area (Å²) in [6, 6.07) is 5.74. The molecule has 0 radical (unpaired) electrons. The second kappa shape index (κ2) is 4.99. The van der Waals surface area contributed by atoms with Gasteiger partial charge in [-0.3, -0.25) is 0 Å². The Bertz CT molecular complexity index is 558. The second-order valence-electron chi connectivity index (χ2n) is 4.03. The van der Waals surface area contributed by atoms with Crippen molar-refractivity contribution in [3.8, 4) is 0 Å². The lowest BCUT2D eigenvalue weighted by Gasteiger charge is -2.19. The van der Waals surface area contributed by atoms with Gasteiger partial charge in [0.1, 0.15) is 11.6 Å². The molecule has 0 fully saturated rings. The number of hydrogen-bond acceptors (Lipinski definition) is 5. The van der Waals surface area contributed by atoms with E-state index in [1.54, 1.807) is 6.20 Å². The van der Waals surface area contributed by atoms with Crippen LogP contribution in [0.3, 0.4) is 0 Å². The van der Waals surface area contributed by atoms with Crippen molar-refractivity contribution >= 4 is 27.6 Å². The number of halogens is 1. The lowest BCUT2D eigenvalue weighted by atomic mass is 10.1. The molecular weight excluding hydrogens is 294 g/mol. The van der Waals surface area contributed by atoms with Crippen LogP contribution in [0.1, 0.15) is 11.3 Å². The number of rotatable bonds is 2.